The summed E-state index contributed by atoms with van der Waals surface area (Å²) < 4.78 is 11.2. The van der Waals surface area contributed by atoms with Crippen molar-refractivity contribution in [2.24, 2.45) is 5.92 Å². The normalized spacial score (nSPS) is 19.3. The summed E-state index contributed by atoms with van der Waals surface area (Å²) >= 11 is 9.85. The number of rotatable bonds is 6. The van der Waals surface area contributed by atoms with Gasteiger partial charge in [-0.05, 0) is 53.7 Å². The summed E-state index contributed by atoms with van der Waals surface area (Å²) in [6.07, 6.45) is 3.64. The van der Waals surface area contributed by atoms with Gasteiger partial charge in [0.2, 0.25) is 5.88 Å². The molecule has 0 saturated heterocycles. The van der Waals surface area contributed by atoms with E-state index in [-0.39, 0.29) is 11.9 Å². The van der Waals surface area contributed by atoms with Crippen molar-refractivity contribution in [2.75, 3.05) is 14.2 Å². The maximum Gasteiger partial charge on any atom is 0.308 e. The Morgan fingerprint density at radius 1 is 1.21 bits per heavy atom. The molecule has 1 aliphatic carbocycles. The van der Waals surface area contributed by atoms with E-state index in [9.17, 15) is 4.79 Å². The van der Waals surface area contributed by atoms with Gasteiger partial charge in [0.25, 0.3) is 0 Å². The Labute approximate surface area is 178 Å². The molecule has 0 spiro atoms. The fraction of sp³-hybridized carbons (Fsp3) is 0.429. The number of pyridine rings is 1. The predicted octanol–water partition coefficient (Wildman–Crippen LogP) is 4.99. The summed E-state index contributed by atoms with van der Waals surface area (Å²) in [6.45, 7) is 0.663. The van der Waals surface area contributed by atoms with Crippen LogP contribution in [0, 0.1) is 5.92 Å². The maximum atomic E-state index is 11.7. The lowest BCUT2D eigenvalue weighted by Gasteiger charge is -2.27. The van der Waals surface area contributed by atoms with Gasteiger partial charge in [0.05, 0.1) is 30.9 Å². The molecule has 1 saturated carbocycles. The third-order valence-electron chi connectivity index (χ3n) is 5.20. The Bertz CT molecular complexity index is 838. The van der Waals surface area contributed by atoms with Crippen LogP contribution >= 0.6 is 27.5 Å². The molecule has 1 heterocycles. The monoisotopic (exact) mass is 466 g/mol. The Balaban J connectivity index is 1.65. The van der Waals surface area contributed by atoms with Crippen LogP contribution < -0.4 is 10.1 Å². The van der Waals surface area contributed by atoms with E-state index in [4.69, 9.17) is 21.1 Å². The average molecular weight is 468 g/mol. The largest absolute Gasteiger partial charge is 0.481 e. The summed E-state index contributed by atoms with van der Waals surface area (Å²) in [5, 5.41) is 4.19. The molecule has 150 valence electrons. The second-order valence-corrected chi connectivity index (χ2v) is 8.15. The van der Waals surface area contributed by atoms with Crippen LogP contribution in [0.25, 0.3) is 11.3 Å². The third kappa shape index (κ3) is 4.85. The van der Waals surface area contributed by atoms with E-state index in [2.05, 4.69) is 26.2 Å². The van der Waals surface area contributed by atoms with Gasteiger partial charge >= 0.3 is 5.97 Å². The van der Waals surface area contributed by atoms with Crippen molar-refractivity contribution in [3.05, 3.63) is 45.4 Å². The van der Waals surface area contributed by atoms with Gasteiger partial charge in [0, 0.05) is 28.2 Å². The van der Waals surface area contributed by atoms with E-state index < -0.39 is 0 Å². The minimum Gasteiger partial charge on any atom is -0.481 e. The third-order valence-corrected chi connectivity index (χ3v) is 6.50. The van der Waals surface area contributed by atoms with Gasteiger partial charge in [-0.3, -0.25) is 4.79 Å². The van der Waals surface area contributed by atoms with E-state index in [1.165, 1.54) is 7.11 Å². The molecule has 1 aromatic carbocycles. The topological polar surface area (TPSA) is 60.5 Å². The van der Waals surface area contributed by atoms with Crippen LogP contribution in [0.15, 0.2) is 34.8 Å². The zero-order valence-electron chi connectivity index (χ0n) is 16.0. The molecule has 2 aromatic rings. The molecule has 0 atom stereocenters. The Morgan fingerprint density at radius 2 is 1.96 bits per heavy atom. The molecule has 1 aromatic heterocycles. The van der Waals surface area contributed by atoms with Gasteiger partial charge in [0.15, 0.2) is 0 Å². The number of carbonyl (C=O) groups excluding carboxylic acids is 1. The van der Waals surface area contributed by atoms with Crippen LogP contribution in [0.1, 0.15) is 31.2 Å². The van der Waals surface area contributed by atoms with E-state index in [1.807, 2.05) is 30.3 Å². The number of esters is 1. The first-order chi connectivity index (χ1) is 13.5. The molecule has 0 bridgehead atoms. The highest BCUT2D eigenvalue weighted by atomic mass is 79.9. The van der Waals surface area contributed by atoms with Crippen molar-refractivity contribution in [1.29, 1.82) is 0 Å². The van der Waals surface area contributed by atoms with Crippen LogP contribution in [0.4, 0.5) is 0 Å². The number of aromatic nitrogens is 1. The molecule has 0 aliphatic heterocycles. The predicted molar refractivity (Wildman–Crippen MR) is 114 cm³/mol. The highest BCUT2D eigenvalue weighted by Gasteiger charge is 2.26. The quantitative estimate of drug-likeness (QED) is 0.606. The Kier molecular flexibility index (Phi) is 7.32. The van der Waals surface area contributed by atoms with Crippen molar-refractivity contribution in [3.63, 3.8) is 0 Å². The molecule has 3 rings (SSSR count). The lowest BCUT2D eigenvalue weighted by molar-refractivity contribution is -0.146. The second-order valence-electron chi connectivity index (χ2n) is 6.92. The van der Waals surface area contributed by atoms with Crippen molar-refractivity contribution in [3.8, 4) is 17.1 Å². The number of hydrogen-bond acceptors (Lipinski definition) is 5. The van der Waals surface area contributed by atoms with Crippen molar-refractivity contribution >= 4 is 33.5 Å². The second kappa shape index (κ2) is 9.72. The summed E-state index contributed by atoms with van der Waals surface area (Å²) in [4.78, 5) is 16.3. The minimum atomic E-state index is -0.0916. The van der Waals surface area contributed by atoms with Gasteiger partial charge in [-0.2, -0.15) is 0 Å². The lowest BCUT2D eigenvalue weighted by Crippen LogP contribution is -2.35. The molecule has 0 unspecified atom stereocenters. The van der Waals surface area contributed by atoms with Crippen LogP contribution in [-0.4, -0.2) is 31.2 Å². The van der Waals surface area contributed by atoms with Crippen LogP contribution in [0.3, 0.4) is 0 Å². The van der Waals surface area contributed by atoms with Gasteiger partial charge in [-0.15, -0.1) is 0 Å². The summed E-state index contributed by atoms with van der Waals surface area (Å²) in [5.41, 5.74) is 2.62. The number of benzene rings is 1. The molecular weight excluding hydrogens is 444 g/mol. The zero-order valence-corrected chi connectivity index (χ0v) is 18.3. The van der Waals surface area contributed by atoms with Crippen LogP contribution in [-0.2, 0) is 16.1 Å². The van der Waals surface area contributed by atoms with Crippen molar-refractivity contribution in [2.45, 2.75) is 38.3 Å². The fourth-order valence-electron chi connectivity index (χ4n) is 3.59. The number of nitrogens with zero attached hydrogens (tertiary/aromatic N) is 1. The first-order valence-corrected chi connectivity index (χ1v) is 10.5. The number of ether oxygens (including phenoxy) is 2. The van der Waals surface area contributed by atoms with Gasteiger partial charge < -0.3 is 14.8 Å². The first-order valence-electron chi connectivity index (χ1n) is 9.33. The molecule has 1 aliphatic rings. The minimum absolute atomic E-state index is 0.0356. The molecule has 1 fully saturated rings. The number of carbonyl (C=O) groups is 1. The fourth-order valence-corrected chi connectivity index (χ4v) is 4.18. The molecule has 0 radical (unpaired) electrons. The van der Waals surface area contributed by atoms with Crippen LogP contribution in [0.5, 0.6) is 5.88 Å². The van der Waals surface area contributed by atoms with Gasteiger partial charge in [-0.25, -0.2) is 4.98 Å². The smallest absolute Gasteiger partial charge is 0.308 e. The van der Waals surface area contributed by atoms with Crippen LogP contribution in [0.2, 0.25) is 5.02 Å². The molecule has 0 amide bonds. The molecule has 5 nitrogen and oxygen atoms in total. The number of hydrogen-bond donors (Lipinski definition) is 1. The van der Waals surface area contributed by atoms with Crippen molar-refractivity contribution < 1.29 is 14.3 Å². The Morgan fingerprint density at radius 3 is 2.64 bits per heavy atom. The van der Waals surface area contributed by atoms with E-state index in [1.54, 1.807) is 7.11 Å². The van der Waals surface area contributed by atoms with Gasteiger partial charge in [0.1, 0.15) is 0 Å². The van der Waals surface area contributed by atoms with E-state index in [0.717, 1.165) is 47.0 Å². The molecule has 1 N–H and O–H groups in total. The standard InChI is InChI=1S/C21H24BrClN2O3/c1-27-20-14(12-24-15-9-6-13(7-10-15)21(26)28-2)8-11-18(25-20)16-4-3-5-17(22)19(16)23/h3-5,8,11,13,15,24H,6-7,9-10,12H2,1-2H3. The number of nitrogens with one attached hydrogen (secondary N) is 1. The molecule has 28 heavy (non-hydrogen) atoms. The summed E-state index contributed by atoms with van der Waals surface area (Å²) in [6, 6.07) is 10.1. The van der Waals surface area contributed by atoms with E-state index in [0.29, 0.717) is 23.5 Å². The highest BCUT2D eigenvalue weighted by molar-refractivity contribution is 9.10. The molecule has 7 heteroatoms. The average Bonchev–Trinajstić information content (AvgIpc) is 2.74. The summed E-state index contributed by atoms with van der Waals surface area (Å²) in [7, 11) is 3.08. The number of halogens is 2. The van der Waals surface area contributed by atoms with Crippen molar-refractivity contribution in [1.82, 2.24) is 10.3 Å². The summed E-state index contributed by atoms with van der Waals surface area (Å²) in [5.74, 6) is 0.531. The van der Waals surface area contributed by atoms with Gasteiger partial charge in [-0.1, -0.05) is 29.8 Å². The number of methoxy groups -OCH3 is 2. The Hall–Kier alpha value is -1.63. The zero-order chi connectivity index (χ0) is 20.1. The molecular formula is C21H24BrClN2O3. The SMILES string of the molecule is COC(=O)C1CCC(NCc2ccc(-c3cccc(Br)c3Cl)nc2OC)CC1. The van der Waals surface area contributed by atoms with E-state index >= 15 is 0 Å². The lowest BCUT2D eigenvalue weighted by atomic mass is 9.86. The first kappa shape index (κ1) is 21.1. The highest BCUT2D eigenvalue weighted by Crippen LogP contribution is 2.34. The maximum absolute atomic E-state index is 11.7.